The molecule has 7 heteroatoms. The second-order valence-electron chi connectivity index (χ2n) is 7.35. The fourth-order valence-corrected chi connectivity index (χ4v) is 4.42. The van der Waals surface area contributed by atoms with E-state index in [-0.39, 0.29) is 5.91 Å². The molecule has 1 aliphatic rings. The van der Waals surface area contributed by atoms with Crippen molar-refractivity contribution in [3.63, 3.8) is 0 Å². The number of nitrogens with zero attached hydrogens (tertiary/aromatic N) is 4. The van der Waals surface area contributed by atoms with Gasteiger partial charge < -0.3 is 9.64 Å². The molecule has 0 spiro atoms. The number of piperidine rings is 1. The van der Waals surface area contributed by atoms with Crippen molar-refractivity contribution < 1.29 is 9.53 Å². The minimum absolute atomic E-state index is 0.167. The zero-order chi connectivity index (χ0) is 20.8. The van der Waals surface area contributed by atoms with Crippen molar-refractivity contribution in [1.29, 1.82) is 0 Å². The minimum Gasteiger partial charge on any atom is -0.485 e. The summed E-state index contributed by atoms with van der Waals surface area (Å²) < 4.78 is 7.99. The van der Waals surface area contributed by atoms with Gasteiger partial charge in [-0.1, -0.05) is 48.2 Å². The number of hydrogen-bond donors (Lipinski definition) is 0. The lowest BCUT2D eigenvalue weighted by atomic mass is 10.1. The summed E-state index contributed by atoms with van der Waals surface area (Å²) in [5.74, 6) is 2.07. The first-order chi connectivity index (χ1) is 14.7. The average Bonchev–Trinajstić information content (AvgIpc) is 3.21. The number of ether oxygens (including phenoxy) is 1. The number of thioether (sulfide) groups is 1. The molecule has 6 nitrogen and oxygen atoms in total. The standard InChI is InChI=1S/C23H26N4O2S/c1-18-10-6-7-13-20(18)29-16-21-24-25-23(27(21)19-11-4-2-5-12-19)30-17-22(28)26-14-8-3-9-15-26/h2,4-7,10-13H,3,8-9,14-17H2,1H3. The molecule has 156 valence electrons. The topological polar surface area (TPSA) is 60.3 Å². The molecule has 0 aliphatic carbocycles. The number of carbonyl (C=O) groups is 1. The van der Waals surface area contributed by atoms with Gasteiger partial charge in [-0.15, -0.1) is 10.2 Å². The molecule has 30 heavy (non-hydrogen) atoms. The van der Waals surface area contributed by atoms with Gasteiger partial charge in [0.05, 0.1) is 5.75 Å². The van der Waals surface area contributed by atoms with E-state index in [0.29, 0.717) is 23.3 Å². The van der Waals surface area contributed by atoms with Crippen molar-refractivity contribution in [1.82, 2.24) is 19.7 Å². The molecule has 2 aromatic carbocycles. The number of aryl methyl sites for hydroxylation is 1. The smallest absolute Gasteiger partial charge is 0.233 e. The molecule has 1 aromatic heterocycles. The van der Waals surface area contributed by atoms with Gasteiger partial charge in [0, 0.05) is 18.8 Å². The van der Waals surface area contributed by atoms with Crippen molar-refractivity contribution in [3.8, 4) is 11.4 Å². The lowest BCUT2D eigenvalue weighted by Crippen LogP contribution is -2.36. The molecule has 0 saturated carbocycles. The van der Waals surface area contributed by atoms with Crippen molar-refractivity contribution in [2.75, 3.05) is 18.8 Å². The van der Waals surface area contributed by atoms with E-state index in [4.69, 9.17) is 4.74 Å². The third-order valence-corrected chi connectivity index (χ3v) is 6.11. The van der Waals surface area contributed by atoms with Gasteiger partial charge in [0.25, 0.3) is 0 Å². The van der Waals surface area contributed by atoms with Crippen LogP contribution in [-0.4, -0.2) is 44.4 Å². The maximum atomic E-state index is 12.6. The van der Waals surface area contributed by atoms with Crippen LogP contribution in [0.25, 0.3) is 5.69 Å². The summed E-state index contributed by atoms with van der Waals surface area (Å²) >= 11 is 1.43. The van der Waals surface area contributed by atoms with Crippen LogP contribution in [-0.2, 0) is 11.4 Å². The average molecular weight is 423 g/mol. The van der Waals surface area contributed by atoms with Crippen molar-refractivity contribution >= 4 is 17.7 Å². The predicted molar refractivity (Wildman–Crippen MR) is 118 cm³/mol. The van der Waals surface area contributed by atoms with E-state index in [1.165, 1.54) is 18.2 Å². The third kappa shape index (κ3) is 4.84. The molecule has 1 amide bonds. The van der Waals surface area contributed by atoms with E-state index < -0.39 is 0 Å². The molecule has 2 heterocycles. The number of hydrogen-bond acceptors (Lipinski definition) is 5. The maximum absolute atomic E-state index is 12.6. The largest absolute Gasteiger partial charge is 0.485 e. The second kappa shape index (κ2) is 9.80. The van der Waals surface area contributed by atoms with Crippen LogP contribution in [0.2, 0.25) is 0 Å². The zero-order valence-electron chi connectivity index (χ0n) is 17.2. The fraction of sp³-hybridized carbons (Fsp3) is 0.348. The Labute approximate surface area is 181 Å². The van der Waals surface area contributed by atoms with Gasteiger partial charge in [-0.25, -0.2) is 0 Å². The Morgan fingerprint density at radius 2 is 1.73 bits per heavy atom. The van der Waals surface area contributed by atoms with E-state index in [9.17, 15) is 4.79 Å². The highest BCUT2D eigenvalue weighted by Gasteiger charge is 2.20. The first-order valence-electron chi connectivity index (χ1n) is 10.3. The second-order valence-corrected chi connectivity index (χ2v) is 8.30. The molecule has 0 atom stereocenters. The van der Waals surface area contributed by atoms with Crippen molar-refractivity contribution in [2.24, 2.45) is 0 Å². The number of carbonyl (C=O) groups excluding carboxylic acids is 1. The molecular weight excluding hydrogens is 396 g/mol. The van der Waals surface area contributed by atoms with Crippen LogP contribution in [0.15, 0.2) is 59.8 Å². The molecule has 4 rings (SSSR count). The lowest BCUT2D eigenvalue weighted by molar-refractivity contribution is -0.129. The summed E-state index contributed by atoms with van der Waals surface area (Å²) in [5, 5.41) is 9.44. The van der Waals surface area contributed by atoms with Crippen LogP contribution in [0.5, 0.6) is 5.75 Å². The van der Waals surface area contributed by atoms with E-state index in [1.54, 1.807) is 0 Å². The van der Waals surface area contributed by atoms with Crippen LogP contribution >= 0.6 is 11.8 Å². The quantitative estimate of drug-likeness (QED) is 0.533. The van der Waals surface area contributed by atoms with Crippen LogP contribution in [0, 0.1) is 6.92 Å². The molecular formula is C23H26N4O2S. The van der Waals surface area contributed by atoms with Crippen LogP contribution in [0.4, 0.5) is 0 Å². The highest BCUT2D eigenvalue weighted by molar-refractivity contribution is 7.99. The third-order valence-electron chi connectivity index (χ3n) is 5.20. The van der Waals surface area contributed by atoms with Gasteiger partial charge in [-0.05, 0) is 49.9 Å². The molecule has 1 fully saturated rings. The summed E-state index contributed by atoms with van der Waals surface area (Å²) in [5.41, 5.74) is 2.03. The number of likely N-dealkylation sites (tertiary alicyclic amines) is 1. The number of aromatic nitrogens is 3. The van der Waals surface area contributed by atoms with E-state index in [2.05, 4.69) is 10.2 Å². The highest BCUT2D eigenvalue weighted by atomic mass is 32.2. The SMILES string of the molecule is Cc1ccccc1OCc1nnc(SCC(=O)N2CCCCC2)n1-c1ccccc1. The Kier molecular flexibility index (Phi) is 6.69. The first kappa shape index (κ1) is 20.5. The molecule has 0 N–H and O–H groups in total. The molecule has 0 radical (unpaired) electrons. The Bertz CT molecular complexity index is 984. The van der Waals surface area contributed by atoms with Gasteiger partial charge in [0.1, 0.15) is 12.4 Å². The van der Waals surface area contributed by atoms with Crippen molar-refractivity contribution in [3.05, 3.63) is 66.0 Å². The number of rotatable bonds is 7. The van der Waals surface area contributed by atoms with Crippen LogP contribution in [0.3, 0.4) is 0 Å². The molecule has 0 unspecified atom stereocenters. The van der Waals surface area contributed by atoms with Gasteiger partial charge in [-0.3, -0.25) is 9.36 Å². The first-order valence-corrected chi connectivity index (χ1v) is 11.3. The minimum atomic E-state index is 0.167. The number of amides is 1. The van der Waals surface area contributed by atoms with Crippen LogP contribution in [0.1, 0.15) is 30.7 Å². The summed E-state index contributed by atoms with van der Waals surface area (Å²) in [6.45, 7) is 4.04. The van der Waals surface area contributed by atoms with Crippen LogP contribution < -0.4 is 4.74 Å². The van der Waals surface area contributed by atoms with Gasteiger partial charge in [0.15, 0.2) is 11.0 Å². The summed E-state index contributed by atoms with van der Waals surface area (Å²) in [7, 11) is 0. The van der Waals surface area contributed by atoms with Gasteiger partial charge >= 0.3 is 0 Å². The Morgan fingerprint density at radius 3 is 2.50 bits per heavy atom. The monoisotopic (exact) mass is 422 g/mol. The lowest BCUT2D eigenvalue weighted by Gasteiger charge is -2.26. The Balaban J connectivity index is 1.52. The van der Waals surface area contributed by atoms with Crippen molar-refractivity contribution in [2.45, 2.75) is 37.9 Å². The zero-order valence-corrected chi connectivity index (χ0v) is 18.0. The molecule has 1 saturated heterocycles. The van der Waals surface area contributed by atoms with Gasteiger partial charge in [0.2, 0.25) is 5.91 Å². The molecule has 0 bridgehead atoms. The molecule has 1 aliphatic heterocycles. The number of benzene rings is 2. The molecule has 3 aromatic rings. The van der Waals surface area contributed by atoms with E-state index >= 15 is 0 Å². The summed E-state index contributed by atoms with van der Waals surface area (Å²) in [6, 6.07) is 17.9. The predicted octanol–water partition coefficient (Wildman–Crippen LogP) is 4.26. The fourth-order valence-electron chi connectivity index (χ4n) is 3.55. The normalized spacial score (nSPS) is 14.0. The summed E-state index contributed by atoms with van der Waals surface area (Å²) in [6.07, 6.45) is 3.40. The maximum Gasteiger partial charge on any atom is 0.233 e. The van der Waals surface area contributed by atoms with Gasteiger partial charge in [-0.2, -0.15) is 0 Å². The summed E-state index contributed by atoms with van der Waals surface area (Å²) in [4.78, 5) is 14.6. The Morgan fingerprint density at radius 1 is 1.00 bits per heavy atom. The number of para-hydroxylation sites is 2. The van der Waals surface area contributed by atoms with E-state index in [0.717, 1.165) is 42.9 Å². The van der Waals surface area contributed by atoms with E-state index in [1.807, 2.05) is 71.0 Å². The highest BCUT2D eigenvalue weighted by Crippen LogP contribution is 2.24. The Hall–Kier alpha value is -2.80.